The summed E-state index contributed by atoms with van der Waals surface area (Å²) < 4.78 is 7.23. The van der Waals surface area contributed by atoms with Gasteiger partial charge in [-0.2, -0.15) is 0 Å². The Bertz CT molecular complexity index is 1040. The van der Waals surface area contributed by atoms with Crippen LogP contribution in [0.15, 0.2) is 5.16 Å². The van der Waals surface area contributed by atoms with E-state index in [1.165, 1.54) is 50.3 Å². The van der Waals surface area contributed by atoms with Crippen molar-refractivity contribution in [3.63, 3.8) is 0 Å². The van der Waals surface area contributed by atoms with E-state index < -0.39 is 5.97 Å². The number of aromatic nitrogens is 4. The van der Waals surface area contributed by atoms with Gasteiger partial charge in [0.2, 0.25) is 5.91 Å². The second kappa shape index (κ2) is 9.60. The first kappa shape index (κ1) is 23.8. The number of anilines is 1. The molecule has 10 heteroatoms. The lowest BCUT2D eigenvalue weighted by atomic mass is 9.49. The molecule has 0 saturated heterocycles. The lowest BCUT2D eigenvalue weighted by molar-refractivity contribution is -0.113. The van der Waals surface area contributed by atoms with Crippen LogP contribution in [0.2, 0.25) is 0 Å². The Morgan fingerprint density at radius 1 is 1.15 bits per heavy atom. The minimum absolute atomic E-state index is 0.178. The van der Waals surface area contributed by atoms with Gasteiger partial charge in [-0.25, -0.2) is 9.78 Å². The van der Waals surface area contributed by atoms with Crippen molar-refractivity contribution in [3.8, 4) is 0 Å². The van der Waals surface area contributed by atoms with Crippen molar-refractivity contribution in [2.45, 2.75) is 77.4 Å². The van der Waals surface area contributed by atoms with Gasteiger partial charge in [-0.3, -0.25) is 4.79 Å². The molecule has 1 amide bonds. The average molecular weight is 504 g/mol. The van der Waals surface area contributed by atoms with E-state index >= 15 is 0 Å². The molecule has 4 aliphatic carbocycles. The highest BCUT2D eigenvalue weighted by Crippen LogP contribution is 2.61. The zero-order valence-electron chi connectivity index (χ0n) is 20.1. The van der Waals surface area contributed by atoms with E-state index in [0.717, 1.165) is 53.0 Å². The third-order valence-corrected chi connectivity index (χ3v) is 9.66. The van der Waals surface area contributed by atoms with Crippen molar-refractivity contribution in [1.82, 2.24) is 19.7 Å². The smallest absolute Gasteiger partial charge is 0.350 e. The first-order valence-electron chi connectivity index (χ1n) is 12.4. The van der Waals surface area contributed by atoms with Crippen molar-refractivity contribution in [2.24, 2.45) is 23.2 Å². The Morgan fingerprint density at radius 2 is 1.82 bits per heavy atom. The quantitative estimate of drug-likeness (QED) is 0.390. The number of hydrogen-bond donors (Lipinski definition) is 1. The lowest BCUT2D eigenvalue weighted by Gasteiger charge is -2.56. The molecule has 4 fully saturated rings. The van der Waals surface area contributed by atoms with E-state index in [-0.39, 0.29) is 11.7 Å². The number of carbonyl (C=O) groups is 2. The van der Waals surface area contributed by atoms with Crippen molar-refractivity contribution in [2.75, 3.05) is 17.7 Å². The number of nitrogens with zero attached hydrogens (tertiary/aromatic N) is 4. The Hall–Kier alpha value is -1.94. The molecule has 0 unspecified atom stereocenters. The Morgan fingerprint density at radius 3 is 2.44 bits per heavy atom. The molecule has 1 N–H and O–H groups in total. The Balaban J connectivity index is 1.20. The zero-order chi connectivity index (χ0) is 23.9. The third kappa shape index (κ3) is 4.76. The highest BCUT2D eigenvalue weighted by Gasteiger charge is 2.51. The van der Waals surface area contributed by atoms with Gasteiger partial charge in [-0.1, -0.05) is 23.1 Å². The largest absolute Gasteiger partial charge is 0.462 e. The van der Waals surface area contributed by atoms with Gasteiger partial charge < -0.3 is 14.6 Å². The standard InChI is InChI=1S/C24H33N5O3S2/c1-4-29-18(12-24-9-15-6-16(10-24)8-17(7-15)11-24)27-28-23(29)33-13-19(30)26-22-25-14(3)20(34-22)21(31)32-5-2/h15-17H,4-13H2,1-3H3,(H,25,26,30). The van der Waals surface area contributed by atoms with E-state index in [9.17, 15) is 9.59 Å². The maximum atomic E-state index is 12.6. The van der Waals surface area contributed by atoms with Gasteiger partial charge >= 0.3 is 5.97 Å². The summed E-state index contributed by atoms with van der Waals surface area (Å²) in [5.74, 6) is 3.45. The summed E-state index contributed by atoms with van der Waals surface area (Å²) in [6.45, 7) is 6.72. The van der Waals surface area contributed by atoms with Crippen LogP contribution >= 0.6 is 23.1 Å². The van der Waals surface area contributed by atoms with Crippen LogP contribution in [0.1, 0.15) is 73.6 Å². The second-order valence-corrected chi connectivity index (χ2v) is 12.2. The maximum Gasteiger partial charge on any atom is 0.350 e. The second-order valence-electron chi connectivity index (χ2n) is 10.2. The maximum absolute atomic E-state index is 12.6. The van der Waals surface area contributed by atoms with Crippen LogP contribution < -0.4 is 5.32 Å². The third-order valence-electron chi connectivity index (χ3n) is 7.64. The number of hydrogen-bond acceptors (Lipinski definition) is 8. The summed E-state index contributed by atoms with van der Waals surface area (Å²) in [5.41, 5.74) is 0.972. The van der Waals surface area contributed by atoms with Gasteiger partial charge in [0, 0.05) is 13.0 Å². The van der Waals surface area contributed by atoms with Crippen LogP contribution in [-0.4, -0.2) is 44.0 Å². The zero-order valence-corrected chi connectivity index (χ0v) is 21.8. The molecular weight excluding hydrogens is 470 g/mol. The lowest BCUT2D eigenvalue weighted by Crippen LogP contribution is -2.47. The monoisotopic (exact) mass is 503 g/mol. The number of thioether (sulfide) groups is 1. The molecular formula is C24H33N5O3S2. The molecule has 0 atom stereocenters. The van der Waals surface area contributed by atoms with Crippen molar-refractivity contribution < 1.29 is 14.3 Å². The van der Waals surface area contributed by atoms with Gasteiger partial charge in [0.15, 0.2) is 10.3 Å². The molecule has 2 aromatic rings. The van der Waals surface area contributed by atoms with Crippen LogP contribution in [0.4, 0.5) is 5.13 Å². The summed E-state index contributed by atoms with van der Waals surface area (Å²) in [6, 6.07) is 0. The fraction of sp³-hybridized carbons (Fsp3) is 0.708. The summed E-state index contributed by atoms with van der Waals surface area (Å²) in [5, 5.41) is 13.0. The molecule has 0 aromatic carbocycles. The Labute approximate surface area is 208 Å². The number of rotatable bonds is 9. The molecule has 2 aromatic heterocycles. The Kier molecular flexibility index (Phi) is 6.72. The van der Waals surface area contributed by atoms with Gasteiger partial charge in [-0.15, -0.1) is 10.2 Å². The normalized spacial score (nSPS) is 27.2. The van der Waals surface area contributed by atoms with E-state index in [1.807, 2.05) is 0 Å². The highest BCUT2D eigenvalue weighted by atomic mass is 32.2. The number of thiazole rings is 1. The van der Waals surface area contributed by atoms with Crippen molar-refractivity contribution in [1.29, 1.82) is 0 Å². The SMILES string of the molecule is CCOC(=O)c1sc(NC(=O)CSc2nnc(CC34CC5CC(CC(C5)C3)C4)n2CC)nc1C. The summed E-state index contributed by atoms with van der Waals surface area (Å²) >= 11 is 2.54. The molecule has 4 bridgehead atoms. The molecule has 2 heterocycles. The number of nitrogens with one attached hydrogen (secondary N) is 1. The average Bonchev–Trinajstić information content (AvgIpc) is 3.33. The number of ether oxygens (including phenoxy) is 1. The molecule has 0 radical (unpaired) electrons. The number of aryl methyl sites for hydroxylation is 1. The minimum Gasteiger partial charge on any atom is -0.462 e. The van der Waals surface area contributed by atoms with Crippen LogP contribution in [0.5, 0.6) is 0 Å². The van der Waals surface area contributed by atoms with Crippen molar-refractivity contribution in [3.05, 3.63) is 16.4 Å². The topological polar surface area (TPSA) is 99.0 Å². The fourth-order valence-electron chi connectivity index (χ4n) is 6.84. The molecule has 184 valence electrons. The highest BCUT2D eigenvalue weighted by molar-refractivity contribution is 7.99. The van der Waals surface area contributed by atoms with E-state index in [0.29, 0.717) is 27.7 Å². The molecule has 0 aliphatic heterocycles. The van der Waals surface area contributed by atoms with E-state index in [1.54, 1.807) is 13.8 Å². The summed E-state index contributed by atoms with van der Waals surface area (Å²) in [6.07, 6.45) is 9.38. The predicted molar refractivity (Wildman–Crippen MR) is 132 cm³/mol. The van der Waals surface area contributed by atoms with Crippen LogP contribution in [0, 0.1) is 30.1 Å². The molecule has 0 spiro atoms. The van der Waals surface area contributed by atoms with Gasteiger partial charge in [0.05, 0.1) is 18.1 Å². The van der Waals surface area contributed by atoms with Gasteiger partial charge in [-0.05, 0) is 82.5 Å². The molecule has 8 nitrogen and oxygen atoms in total. The number of carbonyl (C=O) groups excluding carboxylic acids is 2. The summed E-state index contributed by atoms with van der Waals surface area (Å²) in [7, 11) is 0. The van der Waals surface area contributed by atoms with Gasteiger partial charge in [0.1, 0.15) is 10.7 Å². The van der Waals surface area contributed by atoms with Gasteiger partial charge in [0.25, 0.3) is 0 Å². The van der Waals surface area contributed by atoms with Crippen LogP contribution in [0.25, 0.3) is 0 Å². The molecule has 6 rings (SSSR count). The van der Waals surface area contributed by atoms with Crippen LogP contribution in [0.3, 0.4) is 0 Å². The van der Waals surface area contributed by atoms with Crippen LogP contribution in [-0.2, 0) is 22.5 Å². The molecule has 4 aliphatic rings. The minimum atomic E-state index is -0.407. The number of esters is 1. The fourth-order valence-corrected chi connectivity index (χ4v) is 8.54. The number of amides is 1. The van der Waals surface area contributed by atoms with E-state index in [2.05, 4.69) is 32.0 Å². The molecule has 34 heavy (non-hydrogen) atoms. The summed E-state index contributed by atoms with van der Waals surface area (Å²) in [4.78, 5) is 29.3. The van der Waals surface area contributed by atoms with Crippen molar-refractivity contribution >= 4 is 40.1 Å². The van der Waals surface area contributed by atoms with E-state index in [4.69, 9.17) is 4.74 Å². The first-order valence-corrected chi connectivity index (χ1v) is 14.2. The first-order chi connectivity index (χ1) is 16.4. The molecule has 4 saturated carbocycles. The predicted octanol–water partition coefficient (Wildman–Crippen LogP) is 4.73.